The number of carbonyl (C=O) groups is 1. The number of non-ortho nitro benzene ring substituents is 1. The molecular formula is C27H26ClN3O4. The van der Waals surface area contributed by atoms with Gasteiger partial charge < -0.3 is 14.6 Å². The first-order valence-corrected chi connectivity index (χ1v) is 11.7. The van der Waals surface area contributed by atoms with E-state index in [0.717, 1.165) is 27.6 Å². The number of halogens is 1. The smallest absolute Gasteiger partial charge is 0.270 e. The zero-order valence-corrected chi connectivity index (χ0v) is 20.1. The lowest BCUT2D eigenvalue weighted by molar-refractivity contribution is -0.384. The maximum absolute atomic E-state index is 12.8. The minimum atomic E-state index is -0.396. The average Bonchev–Trinajstić information content (AvgIpc) is 3.21. The summed E-state index contributed by atoms with van der Waals surface area (Å²) in [6.45, 7) is 1.42. The van der Waals surface area contributed by atoms with Crippen molar-refractivity contribution in [1.29, 1.82) is 0 Å². The molecule has 0 spiro atoms. The summed E-state index contributed by atoms with van der Waals surface area (Å²) in [5.74, 6) is -0.451. The third-order valence-electron chi connectivity index (χ3n) is 5.97. The fraction of sp³-hybridized carbons (Fsp3) is 0.222. The number of aromatic nitrogens is 1. The van der Waals surface area contributed by atoms with Crippen molar-refractivity contribution < 1.29 is 14.5 Å². The Morgan fingerprint density at radius 2 is 1.86 bits per heavy atom. The van der Waals surface area contributed by atoms with Crippen molar-refractivity contribution in [1.82, 2.24) is 9.88 Å². The van der Waals surface area contributed by atoms with Crippen molar-refractivity contribution in [3.63, 3.8) is 0 Å². The topological polar surface area (TPSA) is 86.4 Å². The number of nitrogens with one attached hydrogen (secondary N) is 1. The minimum Gasteiger partial charge on any atom is -0.383 e. The highest BCUT2D eigenvalue weighted by atomic mass is 35.5. The molecule has 0 bridgehead atoms. The summed E-state index contributed by atoms with van der Waals surface area (Å²) in [7, 11) is 1.58. The molecule has 0 saturated heterocycles. The average molecular weight is 492 g/mol. The highest BCUT2D eigenvalue weighted by molar-refractivity contribution is 6.30. The number of hydrogen-bond donors (Lipinski definition) is 1. The van der Waals surface area contributed by atoms with Crippen LogP contribution in [0.1, 0.15) is 29.0 Å². The van der Waals surface area contributed by atoms with Gasteiger partial charge in [-0.2, -0.15) is 0 Å². The van der Waals surface area contributed by atoms with Crippen LogP contribution in [0.25, 0.3) is 10.9 Å². The molecule has 4 aromatic rings. The van der Waals surface area contributed by atoms with E-state index >= 15 is 0 Å². The van der Waals surface area contributed by atoms with Crippen LogP contribution in [-0.4, -0.2) is 35.7 Å². The number of benzene rings is 3. The number of rotatable bonds is 10. The second-order valence-electron chi connectivity index (χ2n) is 8.31. The number of ether oxygens (including phenoxy) is 1. The van der Waals surface area contributed by atoms with E-state index in [-0.39, 0.29) is 23.9 Å². The zero-order valence-electron chi connectivity index (χ0n) is 19.3. The predicted molar refractivity (Wildman–Crippen MR) is 137 cm³/mol. The quantitative estimate of drug-likeness (QED) is 0.179. The van der Waals surface area contributed by atoms with Crippen molar-refractivity contribution in [2.24, 2.45) is 0 Å². The van der Waals surface area contributed by atoms with Gasteiger partial charge in [-0.15, -0.1) is 0 Å². The SMILES string of the molecule is COCCNC(=O)C[C@H](c1ccc(Cl)cc1)c1cn(Cc2ccccc2)c2ccc([N+](=O)[O-])cc12. The number of nitro groups is 1. The van der Waals surface area contributed by atoms with E-state index in [1.54, 1.807) is 31.4 Å². The molecule has 0 radical (unpaired) electrons. The van der Waals surface area contributed by atoms with E-state index in [1.165, 1.54) is 6.07 Å². The highest BCUT2D eigenvalue weighted by Gasteiger charge is 2.24. The van der Waals surface area contributed by atoms with Crippen LogP contribution in [0.5, 0.6) is 0 Å². The Kier molecular flexibility index (Phi) is 7.80. The molecule has 3 aromatic carbocycles. The van der Waals surface area contributed by atoms with Gasteiger partial charge in [0.25, 0.3) is 5.69 Å². The lowest BCUT2D eigenvalue weighted by Crippen LogP contribution is -2.28. The largest absolute Gasteiger partial charge is 0.383 e. The third-order valence-corrected chi connectivity index (χ3v) is 6.22. The summed E-state index contributed by atoms with van der Waals surface area (Å²) in [5.41, 5.74) is 3.74. The van der Waals surface area contributed by atoms with Gasteiger partial charge in [-0.05, 0) is 34.9 Å². The molecular weight excluding hydrogens is 466 g/mol. The van der Waals surface area contributed by atoms with Crippen LogP contribution in [-0.2, 0) is 16.1 Å². The standard InChI is InChI=1S/C27H26ClN3O4/c1-35-14-13-29-27(32)16-23(20-7-9-21(28)10-8-20)25-18-30(17-19-5-3-2-4-6-19)26-12-11-22(31(33)34)15-24(25)26/h2-12,15,18,23H,13-14,16-17H2,1H3,(H,29,32)/t23-/m1/s1. The Labute approximate surface area is 208 Å². The Bertz CT molecular complexity index is 1320. The van der Waals surface area contributed by atoms with Gasteiger partial charge in [-0.1, -0.05) is 54.1 Å². The summed E-state index contributed by atoms with van der Waals surface area (Å²) in [6.07, 6.45) is 2.18. The van der Waals surface area contributed by atoms with Crippen molar-refractivity contribution in [2.75, 3.05) is 20.3 Å². The van der Waals surface area contributed by atoms with Gasteiger partial charge in [0.05, 0.1) is 11.5 Å². The molecule has 0 aliphatic rings. The molecule has 35 heavy (non-hydrogen) atoms. The van der Waals surface area contributed by atoms with E-state index in [1.807, 2.05) is 48.7 Å². The Hall–Kier alpha value is -3.68. The monoisotopic (exact) mass is 491 g/mol. The molecule has 1 heterocycles. The Balaban J connectivity index is 1.82. The molecule has 180 valence electrons. The van der Waals surface area contributed by atoms with Gasteiger partial charge in [-0.25, -0.2) is 0 Å². The van der Waals surface area contributed by atoms with Crippen LogP contribution < -0.4 is 5.32 Å². The number of nitrogens with zero attached hydrogens (tertiary/aromatic N) is 2. The fourth-order valence-electron chi connectivity index (χ4n) is 4.27. The van der Waals surface area contributed by atoms with Crippen LogP contribution in [0.15, 0.2) is 79.0 Å². The molecule has 8 heteroatoms. The van der Waals surface area contributed by atoms with Crippen LogP contribution in [0, 0.1) is 10.1 Å². The van der Waals surface area contributed by atoms with Gasteiger partial charge in [0.15, 0.2) is 0 Å². The molecule has 0 fully saturated rings. The molecule has 1 N–H and O–H groups in total. The highest BCUT2D eigenvalue weighted by Crippen LogP contribution is 2.37. The second-order valence-corrected chi connectivity index (χ2v) is 8.74. The first-order chi connectivity index (χ1) is 17.0. The molecule has 0 unspecified atom stereocenters. The molecule has 1 atom stereocenters. The van der Waals surface area contributed by atoms with E-state index in [0.29, 0.717) is 24.7 Å². The van der Waals surface area contributed by atoms with Crippen LogP contribution >= 0.6 is 11.6 Å². The molecule has 1 aromatic heterocycles. The molecule has 0 saturated carbocycles. The van der Waals surface area contributed by atoms with Gasteiger partial charge >= 0.3 is 0 Å². The van der Waals surface area contributed by atoms with E-state index in [2.05, 4.69) is 9.88 Å². The van der Waals surface area contributed by atoms with Gasteiger partial charge in [0.1, 0.15) is 0 Å². The van der Waals surface area contributed by atoms with Crippen LogP contribution in [0.3, 0.4) is 0 Å². The second kappa shape index (κ2) is 11.2. The summed E-state index contributed by atoms with van der Waals surface area (Å²) < 4.78 is 7.12. The summed E-state index contributed by atoms with van der Waals surface area (Å²) in [6, 6.07) is 22.3. The Morgan fingerprint density at radius 3 is 2.54 bits per heavy atom. The molecule has 7 nitrogen and oxygen atoms in total. The van der Waals surface area contributed by atoms with Gasteiger partial charge in [0.2, 0.25) is 5.91 Å². The number of fused-ring (bicyclic) bond motifs is 1. The normalized spacial score (nSPS) is 11.9. The third kappa shape index (κ3) is 5.88. The van der Waals surface area contributed by atoms with Gasteiger partial charge in [-0.3, -0.25) is 14.9 Å². The maximum atomic E-state index is 12.8. The van der Waals surface area contributed by atoms with Crippen molar-refractivity contribution in [3.05, 3.63) is 111 Å². The number of methoxy groups -OCH3 is 1. The minimum absolute atomic E-state index is 0.00983. The van der Waals surface area contributed by atoms with Crippen molar-refractivity contribution in [2.45, 2.75) is 18.9 Å². The molecule has 0 aliphatic carbocycles. The Morgan fingerprint density at radius 1 is 1.11 bits per heavy atom. The van der Waals surface area contributed by atoms with E-state index in [9.17, 15) is 14.9 Å². The number of nitro benzene ring substituents is 1. The summed E-state index contributed by atoms with van der Waals surface area (Å²) in [5, 5.41) is 15.8. The van der Waals surface area contributed by atoms with E-state index < -0.39 is 4.92 Å². The van der Waals surface area contributed by atoms with Crippen LogP contribution in [0.4, 0.5) is 5.69 Å². The first-order valence-electron chi connectivity index (χ1n) is 11.3. The molecule has 1 amide bonds. The van der Waals surface area contributed by atoms with Gasteiger partial charge in [0, 0.05) is 66.8 Å². The fourth-order valence-corrected chi connectivity index (χ4v) is 4.39. The first kappa shape index (κ1) is 24.4. The van der Waals surface area contributed by atoms with E-state index in [4.69, 9.17) is 16.3 Å². The number of hydrogen-bond acceptors (Lipinski definition) is 4. The predicted octanol–water partition coefficient (Wildman–Crippen LogP) is 5.54. The summed E-state index contributed by atoms with van der Waals surface area (Å²) in [4.78, 5) is 24.0. The van der Waals surface area contributed by atoms with Crippen molar-refractivity contribution in [3.8, 4) is 0 Å². The lowest BCUT2D eigenvalue weighted by Gasteiger charge is -2.17. The maximum Gasteiger partial charge on any atom is 0.270 e. The van der Waals surface area contributed by atoms with Crippen LogP contribution in [0.2, 0.25) is 5.02 Å². The summed E-state index contributed by atoms with van der Waals surface area (Å²) >= 11 is 6.13. The molecule has 0 aliphatic heterocycles. The number of carbonyl (C=O) groups excluding carboxylic acids is 1. The zero-order chi connectivity index (χ0) is 24.8. The number of amides is 1. The molecule has 4 rings (SSSR count). The van der Waals surface area contributed by atoms with Crippen molar-refractivity contribution >= 4 is 34.1 Å². The lowest BCUT2D eigenvalue weighted by atomic mass is 9.88.